The van der Waals surface area contributed by atoms with Crippen LogP contribution >= 0.6 is 50.5 Å². The highest BCUT2D eigenvalue weighted by molar-refractivity contribution is 9.10. The first-order valence-electron chi connectivity index (χ1n) is 5.01. The van der Waals surface area contributed by atoms with E-state index in [0.717, 1.165) is 20.3 Å². The van der Waals surface area contributed by atoms with Gasteiger partial charge in [0, 0.05) is 9.86 Å². The summed E-state index contributed by atoms with van der Waals surface area (Å²) in [7, 11) is 0. The van der Waals surface area contributed by atoms with Crippen LogP contribution in [-0.4, -0.2) is 9.97 Å². The Morgan fingerprint density at radius 2 is 1.94 bits per heavy atom. The Bertz CT molecular complexity index is 742. The third kappa shape index (κ3) is 2.14. The third-order valence-corrected chi connectivity index (χ3v) is 4.55. The van der Waals surface area contributed by atoms with E-state index in [1.54, 1.807) is 0 Å². The maximum Gasteiger partial charge on any atom is 0.173 e. The standard InChI is InChI=1S/C12H5BrCl2N2S/c13-6-1-2-9-7(5-6)11(15)17-12(16-9)10-8(14)3-4-18-10/h1-5H. The van der Waals surface area contributed by atoms with E-state index in [1.807, 2.05) is 29.6 Å². The SMILES string of the molecule is Clc1ccsc1-c1nc(Cl)c2cc(Br)ccc2n1. The Balaban J connectivity index is 2.28. The number of fused-ring (bicyclic) bond motifs is 1. The fourth-order valence-electron chi connectivity index (χ4n) is 1.62. The lowest BCUT2D eigenvalue weighted by Crippen LogP contribution is -1.90. The normalized spacial score (nSPS) is 11.1. The zero-order valence-corrected chi connectivity index (χ0v) is 12.7. The first-order valence-corrected chi connectivity index (χ1v) is 7.44. The van der Waals surface area contributed by atoms with Crippen LogP contribution in [0.25, 0.3) is 21.6 Å². The van der Waals surface area contributed by atoms with Crippen molar-refractivity contribution in [1.29, 1.82) is 0 Å². The second-order valence-corrected chi connectivity index (χ2v) is 6.19. The van der Waals surface area contributed by atoms with Crippen LogP contribution in [0.3, 0.4) is 0 Å². The molecule has 3 rings (SSSR count). The highest BCUT2D eigenvalue weighted by Crippen LogP contribution is 2.33. The van der Waals surface area contributed by atoms with E-state index in [-0.39, 0.29) is 0 Å². The van der Waals surface area contributed by atoms with Gasteiger partial charge in [0.05, 0.1) is 15.4 Å². The van der Waals surface area contributed by atoms with Crippen LogP contribution in [0.1, 0.15) is 0 Å². The number of thiophene rings is 1. The molecule has 0 radical (unpaired) electrons. The van der Waals surface area contributed by atoms with Crippen molar-refractivity contribution < 1.29 is 0 Å². The molecule has 2 heterocycles. The van der Waals surface area contributed by atoms with E-state index in [1.165, 1.54) is 11.3 Å². The number of nitrogens with zero attached hydrogens (tertiary/aromatic N) is 2. The monoisotopic (exact) mass is 358 g/mol. The Morgan fingerprint density at radius 3 is 2.67 bits per heavy atom. The Hall–Kier alpha value is -0.680. The molecular formula is C12H5BrCl2N2S. The van der Waals surface area contributed by atoms with Gasteiger partial charge in [-0.25, -0.2) is 9.97 Å². The molecular weight excluding hydrogens is 355 g/mol. The van der Waals surface area contributed by atoms with Crippen LogP contribution in [0.5, 0.6) is 0 Å². The number of rotatable bonds is 1. The Labute approximate surface area is 126 Å². The fraction of sp³-hybridized carbons (Fsp3) is 0. The molecule has 0 saturated heterocycles. The van der Waals surface area contributed by atoms with Crippen molar-refractivity contribution in [3.8, 4) is 10.7 Å². The molecule has 0 aliphatic rings. The van der Waals surface area contributed by atoms with Crippen molar-refractivity contribution in [3.05, 3.63) is 44.3 Å². The summed E-state index contributed by atoms with van der Waals surface area (Å²) < 4.78 is 0.947. The lowest BCUT2D eigenvalue weighted by molar-refractivity contribution is 1.24. The second kappa shape index (κ2) is 4.78. The summed E-state index contributed by atoms with van der Waals surface area (Å²) in [6.07, 6.45) is 0. The minimum Gasteiger partial charge on any atom is -0.227 e. The number of benzene rings is 1. The summed E-state index contributed by atoms with van der Waals surface area (Å²) in [5, 5.41) is 3.80. The summed E-state index contributed by atoms with van der Waals surface area (Å²) in [5.41, 5.74) is 0.803. The lowest BCUT2D eigenvalue weighted by atomic mass is 10.2. The summed E-state index contributed by atoms with van der Waals surface area (Å²) in [6, 6.07) is 7.55. The molecule has 3 aromatic rings. The molecule has 0 fully saturated rings. The van der Waals surface area contributed by atoms with Gasteiger partial charge in [0.2, 0.25) is 0 Å². The molecule has 0 atom stereocenters. The van der Waals surface area contributed by atoms with Crippen molar-refractivity contribution in [2.24, 2.45) is 0 Å². The van der Waals surface area contributed by atoms with Crippen molar-refractivity contribution in [3.63, 3.8) is 0 Å². The van der Waals surface area contributed by atoms with Gasteiger partial charge < -0.3 is 0 Å². The maximum absolute atomic E-state index is 6.19. The highest BCUT2D eigenvalue weighted by Gasteiger charge is 2.12. The first-order chi connectivity index (χ1) is 8.65. The fourth-order valence-corrected chi connectivity index (χ4v) is 3.28. The molecule has 0 saturated carbocycles. The molecule has 0 unspecified atom stereocenters. The minimum atomic E-state index is 0.431. The molecule has 0 aliphatic heterocycles. The Morgan fingerprint density at radius 1 is 1.11 bits per heavy atom. The van der Waals surface area contributed by atoms with Gasteiger partial charge in [0.25, 0.3) is 0 Å². The zero-order chi connectivity index (χ0) is 12.7. The molecule has 0 aliphatic carbocycles. The summed E-state index contributed by atoms with van der Waals surface area (Å²) in [5.74, 6) is 0.565. The summed E-state index contributed by atoms with van der Waals surface area (Å²) in [6.45, 7) is 0. The molecule has 0 bridgehead atoms. The zero-order valence-electron chi connectivity index (χ0n) is 8.82. The van der Waals surface area contributed by atoms with E-state index >= 15 is 0 Å². The minimum absolute atomic E-state index is 0.431. The predicted molar refractivity (Wildman–Crippen MR) is 80.6 cm³/mol. The van der Waals surface area contributed by atoms with Crippen LogP contribution in [0.2, 0.25) is 10.2 Å². The number of aromatic nitrogens is 2. The van der Waals surface area contributed by atoms with Gasteiger partial charge in [0.15, 0.2) is 5.82 Å². The van der Waals surface area contributed by atoms with Crippen molar-refractivity contribution >= 4 is 61.4 Å². The largest absolute Gasteiger partial charge is 0.227 e. The van der Waals surface area contributed by atoms with E-state index in [0.29, 0.717) is 16.0 Å². The van der Waals surface area contributed by atoms with Crippen LogP contribution < -0.4 is 0 Å². The number of halogens is 3. The quantitative estimate of drug-likeness (QED) is 0.541. The predicted octanol–water partition coefficient (Wildman–Crippen LogP) is 5.43. The topological polar surface area (TPSA) is 25.8 Å². The van der Waals surface area contributed by atoms with E-state index in [9.17, 15) is 0 Å². The molecule has 18 heavy (non-hydrogen) atoms. The lowest BCUT2D eigenvalue weighted by Gasteiger charge is -2.04. The molecule has 0 spiro atoms. The van der Waals surface area contributed by atoms with Gasteiger partial charge in [-0.3, -0.25) is 0 Å². The van der Waals surface area contributed by atoms with Crippen molar-refractivity contribution in [2.45, 2.75) is 0 Å². The molecule has 2 nitrogen and oxygen atoms in total. The van der Waals surface area contributed by atoms with Crippen molar-refractivity contribution in [1.82, 2.24) is 9.97 Å². The van der Waals surface area contributed by atoms with Crippen LogP contribution in [0, 0.1) is 0 Å². The second-order valence-electron chi connectivity index (χ2n) is 3.60. The summed E-state index contributed by atoms with van der Waals surface area (Å²) in [4.78, 5) is 9.63. The summed E-state index contributed by atoms with van der Waals surface area (Å²) >= 11 is 17.2. The van der Waals surface area contributed by atoms with Crippen LogP contribution in [-0.2, 0) is 0 Å². The third-order valence-electron chi connectivity index (χ3n) is 2.43. The van der Waals surface area contributed by atoms with E-state index in [2.05, 4.69) is 25.9 Å². The highest BCUT2D eigenvalue weighted by atomic mass is 79.9. The molecule has 2 aromatic heterocycles. The Kier molecular flexibility index (Phi) is 3.28. The smallest absolute Gasteiger partial charge is 0.173 e. The van der Waals surface area contributed by atoms with Gasteiger partial charge in [-0.2, -0.15) is 0 Å². The maximum atomic E-state index is 6.19. The van der Waals surface area contributed by atoms with Gasteiger partial charge in [0.1, 0.15) is 5.15 Å². The molecule has 90 valence electrons. The molecule has 0 amide bonds. The molecule has 1 aromatic carbocycles. The first kappa shape index (κ1) is 12.4. The van der Waals surface area contributed by atoms with Gasteiger partial charge >= 0.3 is 0 Å². The molecule has 6 heteroatoms. The van der Waals surface area contributed by atoms with E-state index in [4.69, 9.17) is 23.2 Å². The molecule has 0 N–H and O–H groups in total. The van der Waals surface area contributed by atoms with Crippen LogP contribution in [0.15, 0.2) is 34.1 Å². The van der Waals surface area contributed by atoms with E-state index < -0.39 is 0 Å². The van der Waals surface area contributed by atoms with Gasteiger partial charge in [-0.1, -0.05) is 39.1 Å². The number of hydrogen-bond donors (Lipinski definition) is 0. The van der Waals surface area contributed by atoms with Gasteiger partial charge in [-0.05, 0) is 29.6 Å². The average Bonchev–Trinajstić information content (AvgIpc) is 2.76. The van der Waals surface area contributed by atoms with Crippen LogP contribution in [0.4, 0.5) is 0 Å². The van der Waals surface area contributed by atoms with Gasteiger partial charge in [-0.15, -0.1) is 11.3 Å². The average molecular weight is 360 g/mol. The number of hydrogen-bond acceptors (Lipinski definition) is 3. The van der Waals surface area contributed by atoms with Crippen molar-refractivity contribution in [2.75, 3.05) is 0 Å².